The molecule has 20 heavy (non-hydrogen) atoms. The molecule has 0 radical (unpaired) electrons. The number of benzene rings is 1. The molecule has 3 N–H and O–H groups in total. The highest BCUT2D eigenvalue weighted by Gasteiger charge is 2.30. The first kappa shape index (κ1) is 14.5. The van der Waals surface area contributed by atoms with Crippen LogP contribution in [0.1, 0.15) is 11.1 Å². The van der Waals surface area contributed by atoms with Crippen LogP contribution in [0.15, 0.2) is 30.5 Å². The Morgan fingerprint density at radius 2 is 1.95 bits per heavy atom. The summed E-state index contributed by atoms with van der Waals surface area (Å²) in [4.78, 5) is 4.07. The number of pyridine rings is 1. The number of rotatable bonds is 2. The molecule has 0 bridgehead atoms. The molecule has 0 aliphatic rings. The van der Waals surface area contributed by atoms with Gasteiger partial charge < -0.3 is 11.1 Å². The fraction of sp³-hybridized carbons (Fsp3) is 0.154. The number of nitrogens with one attached hydrogen (secondary N) is 1. The van der Waals surface area contributed by atoms with Gasteiger partial charge in [-0.1, -0.05) is 11.6 Å². The Bertz CT molecular complexity index is 641. The average molecular weight is 302 g/mol. The minimum absolute atomic E-state index is 0.0541. The summed E-state index contributed by atoms with van der Waals surface area (Å²) in [6, 6.07) is 4.74. The lowest BCUT2D eigenvalue weighted by Crippen LogP contribution is -2.05. The van der Waals surface area contributed by atoms with E-state index in [0.29, 0.717) is 17.2 Å². The molecule has 1 aromatic heterocycles. The van der Waals surface area contributed by atoms with Crippen LogP contribution >= 0.6 is 11.6 Å². The maximum Gasteiger partial charge on any atom is 0.416 e. The number of alkyl halides is 3. The van der Waals surface area contributed by atoms with E-state index in [1.807, 2.05) is 6.92 Å². The number of anilines is 3. The average Bonchev–Trinajstić information content (AvgIpc) is 2.33. The standard InChI is InChI=1S/C13H11ClF3N3/c1-7-4-10(18)12(19-6-7)20-11-3-2-8(5-9(11)14)13(15,16)17/h2-6H,18H2,1H3,(H,19,20). The second-order valence-electron chi connectivity index (χ2n) is 4.27. The van der Waals surface area contributed by atoms with Gasteiger partial charge in [-0.25, -0.2) is 4.98 Å². The molecule has 2 rings (SSSR count). The molecule has 0 aliphatic carbocycles. The third-order valence-corrected chi connectivity index (χ3v) is 2.92. The van der Waals surface area contributed by atoms with E-state index < -0.39 is 11.7 Å². The number of aromatic nitrogens is 1. The molecule has 0 fully saturated rings. The van der Waals surface area contributed by atoms with Gasteiger partial charge in [0.1, 0.15) is 0 Å². The molecule has 3 nitrogen and oxygen atoms in total. The highest BCUT2D eigenvalue weighted by atomic mass is 35.5. The van der Waals surface area contributed by atoms with Crippen molar-refractivity contribution in [3.63, 3.8) is 0 Å². The fourth-order valence-electron chi connectivity index (χ4n) is 1.62. The summed E-state index contributed by atoms with van der Waals surface area (Å²) in [6.07, 6.45) is -2.83. The van der Waals surface area contributed by atoms with Crippen molar-refractivity contribution >= 4 is 28.8 Å². The van der Waals surface area contributed by atoms with E-state index in [4.69, 9.17) is 17.3 Å². The van der Waals surface area contributed by atoms with Gasteiger partial charge in [0.15, 0.2) is 5.82 Å². The van der Waals surface area contributed by atoms with Crippen molar-refractivity contribution in [1.29, 1.82) is 0 Å². The smallest absolute Gasteiger partial charge is 0.396 e. The predicted molar refractivity (Wildman–Crippen MR) is 73.1 cm³/mol. The summed E-state index contributed by atoms with van der Waals surface area (Å²) in [6.45, 7) is 1.83. The Hall–Kier alpha value is -1.95. The Balaban J connectivity index is 2.30. The van der Waals surface area contributed by atoms with Crippen LogP contribution in [-0.2, 0) is 6.18 Å². The monoisotopic (exact) mass is 301 g/mol. The summed E-state index contributed by atoms with van der Waals surface area (Å²) in [5, 5.41) is 2.76. The zero-order valence-electron chi connectivity index (χ0n) is 10.4. The SMILES string of the molecule is Cc1cnc(Nc2ccc(C(F)(F)F)cc2Cl)c(N)c1. The van der Waals surface area contributed by atoms with E-state index in [2.05, 4.69) is 10.3 Å². The summed E-state index contributed by atoms with van der Waals surface area (Å²) in [5.74, 6) is 0.345. The topological polar surface area (TPSA) is 50.9 Å². The van der Waals surface area contributed by atoms with E-state index in [0.717, 1.165) is 17.7 Å². The largest absolute Gasteiger partial charge is 0.416 e. The molecule has 0 spiro atoms. The van der Waals surface area contributed by atoms with Crippen molar-refractivity contribution in [3.05, 3.63) is 46.6 Å². The molecule has 0 saturated heterocycles. The van der Waals surface area contributed by atoms with E-state index >= 15 is 0 Å². The van der Waals surface area contributed by atoms with Crippen LogP contribution in [0.5, 0.6) is 0 Å². The van der Waals surface area contributed by atoms with Crippen molar-refractivity contribution in [2.75, 3.05) is 11.1 Å². The van der Waals surface area contributed by atoms with Crippen molar-refractivity contribution in [3.8, 4) is 0 Å². The van der Waals surface area contributed by atoms with E-state index in [9.17, 15) is 13.2 Å². The summed E-state index contributed by atoms with van der Waals surface area (Å²) < 4.78 is 37.6. The van der Waals surface area contributed by atoms with Crippen LogP contribution in [0.2, 0.25) is 5.02 Å². The van der Waals surface area contributed by atoms with Gasteiger partial charge in [-0.15, -0.1) is 0 Å². The van der Waals surface area contributed by atoms with Gasteiger partial charge in [-0.2, -0.15) is 13.2 Å². The van der Waals surface area contributed by atoms with Crippen molar-refractivity contribution < 1.29 is 13.2 Å². The Kier molecular flexibility index (Phi) is 3.76. The molecule has 0 saturated carbocycles. The Labute approximate surface area is 118 Å². The highest BCUT2D eigenvalue weighted by Crippen LogP contribution is 2.35. The van der Waals surface area contributed by atoms with E-state index in [1.165, 1.54) is 6.07 Å². The first-order valence-corrected chi connectivity index (χ1v) is 6.01. The maximum absolute atomic E-state index is 12.5. The third-order valence-electron chi connectivity index (χ3n) is 2.60. The molecule has 106 valence electrons. The highest BCUT2D eigenvalue weighted by molar-refractivity contribution is 6.33. The number of nitrogens with two attached hydrogens (primary N) is 1. The number of hydrogen-bond acceptors (Lipinski definition) is 3. The van der Waals surface area contributed by atoms with Crippen LogP contribution in [0, 0.1) is 6.92 Å². The lowest BCUT2D eigenvalue weighted by Gasteiger charge is -2.12. The van der Waals surface area contributed by atoms with Crippen LogP contribution in [0.3, 0.4) is 0 Å². The molecule has 0 amide bonds. The zero-order valence-corrected chi connectivity index (χ0v) is 11.2. The lowest BCUT2D eigenvalue weighted by molar-refractivity contribution is -0.137. The van der Waals surface area contributed by atoms with Gasteiger partial charge in [0.25, 0.3) is 0 Å². The number of nitrogen functional groups attached to an aromatic ring is 1. The second-order valence-corrected chi connectivity index (χ2v) is 4.68. The summed E-state index contributed by atoms with van der Waals surface area (Å²) in [5.41, 5.74) is 6.54. The van der Waals surface area contributed by atoms with Crippen LogP contribution in [0.25, 0.3) is 0 Å². The minimum Gasteiger partial charge on any atom is -0.396 e. The molecule has 1 aromatic carbocycles. The quantitative estimate of drug-likeness (QED) is 0.865. The lowest BCUT2D eigenvalue weighted by atomic mass is 10.2. The van der Waals surface area contributed by atoms with Gasteiger partial charge in [0.2, 0.25) is 0 Å². The Morgan fingerprint density at radius 3 is 2.50 bits per heavy atom. The van der Waals surface area contributed by atoms with Crippen molar-refractivity contribution in [2.24, 2.45) is 0 Å². The molecule has 2 aromatic rings. The van der Waals surface area contributed by atoms with Crippen molar-refractivity contribution in [1.82, 2.24) is 4.98 Å². The molecule has 0 aliphatic heterocycles. The van der Waals surface area contributed by atoms with Gasteiger partial charge in [-0.05, 0) is 36.8 Å². The number of hydrogen-bond donors (Lipinski definition) is 2. The summed E-state index contributed by atoms with van der Waals surface area (Å²) in [7, 11) is 0. The molecule has 1 heterocycles. The third kappa shape index (κ3) is 3.14. The van der Waals surface area contributed by atoms with Gasteiger partial charge in [0, 0.05) is 6.20 Å². The second kappa shape index (κ2) is 5.20. The predicted octanol–water partition coefficient (Wildman–Crippen LogP) is 4.39. The molecule has 7 heteroatoms. The van der Waals surface area contributed by atoms with Gasteiger partial charge >= 0.3 is 6.18 Å². The first-order chi connectivity index (χ1) is 9.27. The Morgan fingerprint density at radius 1 is 1.25 bits per heavy atom. The minimum atomic E-state index is -4.43. The molecule has 0 unspecified atom stereocenters. The van der Waals surface area contributed by atoms with Crippen LogP contribution < -0.4 is 11.1 Å². The normalized spacial score (nSPS) is 11.4. The summed E-state index contributed by atoms with van der Waals surface area (Å²) >= 11 is 5.84. The zero-order chi connectivity index (χ0) is 14.9. The van der Waals surface area contributed by atoms with E-state index in [1.54, 1.807) is 12.3 Å². The maximum atomic E-state index is 12.5. The van der Waals surface area contributed by atoms with Crippen molar-refractivity contribution in [2.45, 2.75) is 13.1 Å². The molecular formula is C13H11ClF3N3. The first-order valence-electron chi connectivity index (χ1n) is 5.63. The molecular weight excluding hydrogens is 291 g/mol. The van der Waals surface area contributed by atoms with Gasteiger partial charge in [-0.3, -0.25) is 0 Å². The van der Waals surface area contributed by atoms with E-state index in [-0.39, 0.29) is 5.02 Å². The molecule has 0 atom stereocenters. The van der Waals surface area contributed by atoms with Gasteiger partial charge in [0.05, 0.1) is 22.0 Å². The number of halogens is 4. The number of aryl methyl sites for hydroxylation is 1. The fourth-order valence-corrected chi connectivity index (χ4v) is 1.84. The van der Waals surface area contributed by atoms with Crippen LogP contribution in [0.4, 0.5) is 30.4 Å². The number of nitrogens with zero attached hydrogens (tertiary/aromatic N) is 1. The van der Waals surface area contributed by atoms with Crippen LogP contribution in [-0.4, -0.2) is 4.98 Å².